The number of carboxylic acids is 1. The van der Waals surface area contributed by atoms with Crippen LogP contribution in [-0.4, -0.2) is 67.0 Å². The molecule has 0 amide bonds. The fourth-order valence-corrected chi connectivity index (χ4v) is 2.32. The second kappa shape index (κ2) is 6.75. The molecule has 0 unspecified atom stereocenters. The van der Waals surface area contributed by atoms with Crippen LogP contribution in [-0.2, 0) is 6.54 Å². The van der Waals surface area contributed by atoms with Gasteiger partial charge in [-0.3, -0.25) is 4.79 Å². The number of carbonyl (C=O) groups is 1. The average Bonchev–Trinajstić information content (AvgIpc) is 3.19. The fourth-order valence-electron chi connectivity index (χ4n) is 2.32. The van der Waals surface area contributed by atoms with Crippen molar-refractivity contribution in [3.8, 4) is 11.5 Å². The van der Waals surface area contributed by atoms with Crippen molar-refractivity contribution in [3.63, 3.8) is 0 Å². The van der Waals surface area contributed by atoms with E-state index in [2.05, 4.69) is 20.4 Å². The van der Waals surface area contributed by atoms with Crippen molar-refractivity contribution in [3.05, 3.63) is 45.9 Å². The molecule has 0 aliphatic carbocycles. The first kappa shape index (κ1) is 17.3. The van der Waals surface area contributed by atoms with Gasteiger partial charge < -0.3 is 24.9 Å². The molecule has 3 aromatic rings. The van der Waals surface area contributed by atoms with Gasteiger partial charge in [0.2, 0.25) is 18.5 Å². The van der Waals surface area contributed by atoms with Crippen LogP contribution in [0.3, 0.4) is 0 Å². The predicted octanol–water partition coefficient (Wildman–Crippen LogP) is -0.192. The van der Waals surface area contributed by atoms with Gasteiger partial charge in [-0.25, -0.2) is 4.79 Å². The summed E-state index contributed by atoms with van der Waals surface area (Å²) >= 11 is 0. The van der Waals surface area contributed by atoms with Crippen molar-refractivity contribution in [1.29, 1.82) is 0 Å². The molecule has 0 saturated carbocycles. The van der Waals surface area contributed by atoms with Gasteiger partial charge in [-0.2, -0.15) is 9.50 Å². The molecule has 4 rings (SSSR count). The minimum absolute atomic E-state index is 0. The Kier molecular flexibility index (Phi) is 4.66. The molecule has 3 heterocycles. The molecule has 1 aromatic carbocycles. The van der Waals surface area contributed by atoms with E-state index in [9.17, 15) is 9.59 Å². The molecule has 1 aliphatic rings. The van der Waals surface area contributed by atoms with E-state index in [0.717, 1.165) is 16.3 Å². The molecular weight excluding hydrogens is 341 g/mol. The van der Waals surface area contributed by atoms with E-state index in [-0.39, 0.29) is 48.1 Å². The summed E-state index contributed by atoms with van der Waals surface area (Å²) in [7, 11) is 0. The van der Waals surface area contributed by atoms with Gasteiger partial charge in [0.15, 0.2) is 11.5 Å². The molecule has 0 fully saturated rings. The zero-order chi connectivity index (χ0) is 16.7. The van der Waals surface area contributed by atoms with Gasteiger partial charge >= 0.3 is 35.5 Å². The van der Waals surface area contributed by atoms with E-state index >= 15 is 0 Å². The number of nitrogens with zero attached hydrogens (tertiary/aromatic N) is 3. The fraction of sp³-hybridized carbons (Fsp3) is 0.143. The number of hydrogen-bond acceptors (Lipinski definition) is 7. The molecule has 0 bridgehead atoms. The molecule has 0 spiro atoms. The molecule has 10 nitrogen and oxygen atoms in total. The molecular formula is C14H12N5NaO5. The molecule has 25 heavy (non-hydrogen) atoms. The first-order chi connectivity index (χ1) is 11.6. The summed E-state index contributed by atoms with van der Waals surface area (Å²) in [5.41, 5.74) is -0.245. The number of aromatic amines is 1. The van der Waals surface area contributed by atoms with Crippen molar-refractivity contribution in [2.75, 3.05) is 12.1 Å². The molecule has 0 radical (unpaired) electrons. The van der Waals surface area contributed by atoms with E-state index in [1.165, 1.54) is 0 Å². The zero-order valence-electron chi connectivity index (χ0n) is 12.1. The van der Waals surface area contributed by atoms with E-state index < -0.39 is 17.1 Å². The van der Waals surface area contributed by atoms with Gasteiger partial charge in [-0.05, 0) is 17.7 Å². The van der Waals surface area contributed by atoms with Crippen molar-refractivity contribution >= 4 is 47.3 Å². The number of H-pyrrole nitrogens is 1. The maximum absolute atomic E-state index is 12.0. The third-order valence-corrected chi connectivity index (χ3v) is 3.49. The van der Waals surface area contributed by atoms with Crippen LogP contribution in [0, 0.1) is 0 Å². The Labute approximate surface area is 162 Å². The van der Waals surface area contributed by atoms with Crippen LogP contribution in [0.15, 0.2) is 29.2 Å². The van der Waals surface area contributed by atoms with Gasteiger partial charge in [0.25, 0.3) is 5.56 Å². The number of ether oxygens (including phenoxy) is 2. The third kappa shape index (κ3) is 3.18. The SMILES string of the molecule is O=C(O)c1c[nH]c2nc(NCc3ccc4c(c3)OCO4)nn2c1=O.[NaH]. The number of aromatic nitrogens is 4. The van der Waals surface area contributed by atoms with Crippen LogP contribution in [0.1, 0.15) is 15.9 Å². The molecule has 2 aromatic heterocycles. The van der Waals surface area contributed by atoms with Crippen LogP contribution in [0.4, 0.5) is 5.95 Å². The molecule has 0 saturated heterocycles. The molecule has 11 heteroatoms. The van der Waals surface area contributed by atoms with E-state index in [4.69, 9.17) is 14.6 Å². The Morgan fingerprint density at radius 1 is 1.36 bits per heavy atom. The van der Waals surface area contributed by atoms with Crippen LogP contribution in [0.25, 0.3) is 5.78 Å². The zero-order valence-corrected chi connectivity index (χ0v) is 12.1. The molecule has 1 aliphatic heterocycles. The van der Waals surface area contributed by atoms with E-state index in [1.807, 2.05) is 12.1 Å². The van der Waals surface area contributed by atoms with E-state index in [0.29, 0.717) is 18.0 Å². The Bertz CT molecular complexity index is 1010. The van der Waals surface area contributed by atoms with Crippen LogP contribution in [0.5, 0.6) is 11.5 Å². The quantitative estimate of drug-likeness (QED) is 0.550. The number of aromatic carboxylic acids is 1. The second-order valence-electron chi connectivity index (χ2n) is 5.02. The summed E-state index contributed by atoms with van der Waals surface area (Å²) in [6.45, 7) is 0.599. The Balaban J connectivity index is 0.00000182. The van der Waals surface area contributed by atoms with Crippen molar-refractivity contribution in [2.45, 2.75) is 6.54 Å². The van der Waals surface area contributed by atoms with Gasteiger partial charge in [0, 0.05) is 12.7 Å². The van der Waals surface area contributed by atoms with Crippen LogP contribution in [0.2, 0.25) is 0 Å². The number of rotatable bonds is 4. The number of nitrogens with one attached hydrogen (secondary N) is 2. The Morgan fingerprint density at radius 2 is 2.16 bits per heavy atom. The molecule has 3 N–H and O–H groups in total. The third-order valence-electron chi connectivity index (χ3n) is 3.49. The van der Waals surface area contributed by atoms with Gasteiger partial charge in [0.05, 0.1) is 0 Å². The normalized spacial score (nSPS) is 12.0. The van der Waals surface area contributed by atoms with Crippen LogP contribution >= 0.6 is 0 Å². The standard InChI is InChI=1S/C14H11N5O5.Na.H/c20-11-8(12(21)22)5-16-14-17-13(18-19(11)14)15-4-7-1-2-9-10(3-7)24-6-23-9;;/h1-3,5H,4,6H2,(H,21,22)(H2,15,16,17,18);;. The van der Waals surface area contributed by atoms with Crippen LogP contribution < -0.4 is 20.3 Å². The summed E-state index contributed by atoms with van der Waals surface area (Å²) in [5, 5.41) is 15.9. The minimum atomic E-state index is -1.33. The van der Waals surface area contributed by atoms with Crippen molar-refractivity contribution in [2.24, 2.45) is 0 Å². The van der Waals surface area contributed by atoms with Gasteiger partial charge in [-0.1, -0.05) is 6.07 Å². The Hall–Kier alpha value is -2.56. The second-order valence-corrected chi connectivity index (χ2v) is 5.02. The van der Waals surface area contributed by atoms with E-state index in [1.54, 1.807) is 6.07 Å². The van der Waals surface area contributed by atoms with Crippen molar-refractivity contribution in [1.82, 2.24) is 19.6 Å². The van der Waals surface area contributed by atoms with Gasteiger partial charge in [-0.15, -0.1) is 5.10 Å². The molecule has 124 valence electrons. The summed E-state index contributed by atoms with van der Waals surface area (Å²) in [6.07, 6.45) is 1.09. The summed E-state index contributed by atoms with van der Waals surface area (Å²) in [4.78, 5) is 29.7. The topological polar surface area (TPSA) is 131 Å². The van der Waals surface area contributed by atoms with Gasteiger partial charge in [0.1, 0.15) is 5.56 Å². The Morgan fingerprint density at radius 3 is 2.96 bits per heavy atom. The number of carboxylic acid groups (broad SMARTS) is 1. The first-order valence-corrected chi connectivity index (χ1v) is 6.96. The van der Waals surface area contributed by atoms with Crippen molar-refractivity contribution < 1.29 is 19.4 Å². The maximum atomic E-state index is 12.0. The predicted molar refractivity (Wildman–Crippen MR) is 87.6 cm³/mol. The molecule has 0 atom stereocenters. The first-order valence-electron chi connectivity index (χ1n) is 6.96. The number of benzene rings is 1. The number of fused-ring (bicyclic) bond motifs is 2. The number of anilines is 1. The monoisotopic (exact) mass is 353 g/mol. The summed E-state index contributed by atoms with van der Waals surface area (Å²) in [6, 6.07) is 5.50. The summed E-state index contributed by atoms with van der Waals surface area (Å²) in [5.74, 6) is 0.375. The average molecular weight is 353 g/mol. The number of hydrogen-bond donors (Lipinski definition) is 3. The summed E-state index contributed by atoms with van der Waals surface area (Å²) < 4.78 is 11.5.